The Morgan fingerprint density at radius 1 is 0.750 bits per heavy atom. The molecule has 3 rings (SSSR count). The molecule has 9 heteroatoms. The van der Waals surface area contributed by atoms with Crippen molar-refractivity contribution in [1.82, 2.24) is 0 Å². The fourth-order valence-corrected chi connectivity index (χ4v) is 3.06. The summed E-state index contributed by atoms with van der Waals surface area (Å²) < 4.78 is 114. The van der Waals surface area contributed by atoms with Crippen molar-refractivity contribution in [2.75, 3.05) is 6.61 Å². The minimum Gasteiger partial charge on any atom is -0.494 e. The van der Waals surface area contributed by atoms with Crippen molar-refractivity contribution < 1.29 is 39.9 Å². The highest BCUT2D eigenvalue weighted by atomic mass is 19.4. The van der Waals surface area contributed by atoms with Gasteiger partial charge in [0.25, 0.3) is 0 Å². The van der Waals surface area contributed by atoms with Gasteiger partial charge in [-0.05, 0) is 60.5 Å². The molecule has 168 valence electrons. The van der Waals surface area contributed by atoms with E-state index in [2.05, 4.69) is 0 Å². The first-order valence-corrected chi connectivity index (χ1v) is 9.17. The minimum atomic E-state index is -4.80. The molecule has 0 atom stereocenters. The Hall–Kier alpha value is -3.36. The summed E-state index contributed by atoms with van der Waals surface area (Å²) in [4.78, 5) is 0. The van der Waals surface area contributed by atoms with Gasteiger partial charge < -0.3 is 4.74 Å². The molecule has 0 spiro atoms. The average Bonchev–Trinajstić information content (AvgIpc) is 2.66. The minimum absolute atomic E-state index is 0.136. The second-order valence-electron chi connectivity index (χ2n) is 6.62. The lowest BCUT2D eigenvalue weighted by atomic mass is 9.97. The molecule has 0 saturated carbocycles. The van der Waals surface area contributed by atoms with E-state index in [9.17, 15) is 35.1 Å². The maximum Gasteiger partial charge on any atom is 0.409 e. The van der Waals surface area contributed by atoms with Crippen molar-refractivity contribution in [2.24, 2.45) is 0 Å². The number of alkyl halides is 3. The molecule has 1 nitrogen and oxygen atoms in total. The summed E-state index contributed by atoms with van der Waals surface area (Å²) in [6.45, 7) is 1.98. The van der Waals surface area contributed by atoms with Crippen LogP contribution in [0.2, 0.25) is 0 Å². The second kappa shape index (κ2) is 9.02. The van der Waals surface area contributed by atoms with Crippen molar-refractivity contribution in [3.63, 3.8) is 0 Å². The zero-order chi connectivity index (χ0) is 23.6. The molecule has 0 bridgehead atoms. The molecule has 0 aliphatic rings. The molecule has 0 unspecified atom stereocenters. The second-order valence-corrected chi connectivity index (χ2v) is 6.62. The third kappa shape index (κ3) is 5.09. The molecule has 0 amide bonds. The number of benzene rings is 3. The molecular formula is C23H14F8O. The lowest BCUT2D eigenvalue weighted by Gasteiger charge is -2.12. The monoisotopic (exact) mass is 458 g/mol. The van der Waals surface area contributed by atoms with Crippen LogP contribution in [0.5, 0.6) is 5.75 Å². The first kappa shape index (κ1) is 23.3. The summed E-state index contributed by atoms with van der Waals surface area (Å²) >= 11 is 0. The third-order valence-electron chi connectivity index (χ3n) is 4.41. The lowest BCUT2D eigenvalue weighted by molar-refractivity contribution is -0.0790. The molecule has 0 aliphatic carbocycles. The highest BCUT2D eigenvalue weighted by Gasteiger charge is 2.24. The Kier molecular flexibility index (Phi) is 6.57. The van der Waals surface area contributed by atoms with Gasteiger partial charge >= 0.3 is 6.18 Å². The van der Waals surface area contributed by atoms with Crippen molar-refractivity contribution in [3.8, 4) is 28.0 Å². The van der Waals surface area contributed by atoms with Crippen molar-refractivity contribution in [3.05, 3.63) is 83.2 Å². The molecule has 3 aromatic carbocycles. The lowest BCUT2D eigenvalue weighted by Crippen LogP contribution is -2.01. The van der Waals surface area contributed by atoms with Gasteiger partial charge in [-0.15, -0.1) is 0 Å². The summed E-state index contributed by atoms with van der Waals surface area (Å²) in [6, 6.07) is 6.30. The van der Waals surface area contributed by atoms with Gasteiger partial charge in [0.15, 0.2) is 0 Å². The highest BCUT2D eigenvalue weighted by molar-refractivity contribution is 5.73. The van der Waals surface area contributed by atoms with Crippen molar-refractivity contribution >= 4 is 6.08 Å². The molecule has 0 aliphatic heterocycles. The fraction of sp³-hybridized carbons (Fsp3) is 0.130. The largest absolute Gasteiger partial charge is 0.494 e. The maximum absolute atomic E-state index is 14.7. The molecule has 0 heterocycles. The fourth-order valence-electron chi connectivity index (χ4n) is 3.06. The Labute approximate surface area is 177 Å². The molecule has 0 aromatic heterocycles. The molecule has 0 saturated heterocycles. The standard InChI is InChI=1S/C23H14F8O/c1-2-32-14-3-4-15(19(26)11-14)12-7-20(27)22(21(28)8-12)13-9-17(24)16(18(25)10-13)5-6-23(29,30)31/h3-11H,2H2,1H3/b6-5+. The highest BCUT2D eigenvalue weighted by Crippen LogP contribution is 2.34. The first-order valence-electron chi connectivity index (χ1n) is 9.17. The number of hydrogen-bond acceptors (Lipinski definition) is 1. The van der Waals surface area contributed by atoms with Crippen LogP contribution in [0.3, 0.4) is 0 Å². The van der Waals surface area contributed by atoms with Gasteiger partial charge in [0, 0.05) is 23.3 Å². The topological polar surface area (TPSA) is 9.23 Å². The molecule has 0 radical (unpaired) electrons. The van der Waals surface area contributed by atoms with Gasteiger partial charge in [0.05, 0.1) is 12.2 Å². The number of ether oxygens (including phenoxy) is 1. The summed E-state index contributed by atoms with van der Waals surface area (Å²) in [5, 5.41) is 0. The van der Waals surface area contributed by atoms with Gasteiger partial charge in [-0.3, -0.25) is 0 Å². The Morgan fingerprint density at radius 3 is 1.81 bits per heavy atom. The molecule has 0 fully saturated rings. The normalized spacial score (nSPS) is 11.9. The molecule has 32 heavy (non-hydrogen) atoms. The number of rotatable bonds is 5. The first-order chi connectivity index (χ1) is 15.0. The number of allylic oxidation sites excluding steroid dienone is 1. The van der Waals surface area contributed by atoms with Crippen LogP contribution in [0.1, 0.15) is 12.5 Å². The Bertz CT molecular complexity index is 1140. The van der Waals surface area contributed by atoms with Crippen LogP contribution < -0.4 is 4.74 Å². The van der Waals surface area contributed by atoms with Crippen molar-refractivity contribution in [2.45, 2.75) is 13.1 Å². The smallest absolute Gasteiger partial charge is 0.409 e. The summed E-state index contributed by atoms with van der Waals surface area (Å²) in [7, 11) is 0. The van der Waals surface area contributed by atoms with Crippen LogP contribution in [-0.2, 0) is 0 Å². The van der Waals surface area contributed by atoms with E-state index in [0.29, 0.717) is 12.1 Å². The van der Waals surface area contributed by atoms with E-state index in [1.54, 1.807) is 6.92 Å². The van der Waals surface area contributed by atoms with Gasteiger partial charge in [0.2, 0.25) is 0 Å². The molecule has 0 N–H and O–H groups in total. The van der Waals surface area contributed by atoms with Gasteiger partial charge in [0.1, 0.15) is 34.8 Å². The zero-order valence-corrected chi connectivity index (χ0v) is 16.3. The van der Waals surface area contributed by atoms with E-state index in [-0.39, 0.29) is 35.6 Å². The van der Waals surface area contributed by atoms with Crippen LogP contribution in [-0.4, -0.2) is 12.8 Å². The van der Waals surface area contributed by atoms with Crippen molar-refractivity contribution in [1.29, 1.82) is 0 Å². The number of halogens is 8. The van der Waals surface area contributed by atoms with E-state index < -0.39 is 52.0 Å². The predicted octanol–water partition coefficient (Wildman–Crippen LogP) is 7.69. The Balaban J connectivity index is 2.03. The van der Waals surface area contributed by atoms with Crippen LogP contribution in [0, 0.1) is 29.1 Å². The van der Waals surface area contributed by atoms with Crippen LogP contribution in [0.4, 0.5) is 35.1 Å². The summed E-state index contributed by atoms with van der Waals surface area (Å²) in [6.07, 6.45) is -4.99. The van der Waals surface area contributed by atoms with Gasteiger partial charge in [-0.25, -0.2) is 22.0 Å². The van der Waals surface area contributed by atoms with E-state index in [0.717, 1.165) is 18.2 Å². The SMILES string of the molecule is CCOc1ccc(-c2cc(F)c(-c3cc(F)c(/C=C/C(F)(F)F)c(F)c3)c(F)c2)c(F)c1. The van der Waals surface area contributed by atoms with Crippen LogP contribution in [0.25, 0.3) is 28.3 Å². The quantitative estimate of drug-likeness (QED) is 0.356. The summed E-state index contributed by atoms with van der Waals surface area (Å²) in [5.74, 6) is -5.96. The van der Waals surface area contributed by atoms with Crippen LogP contribution in [0.15, 0.2) is 48.5 Å². The zero-order valence-electron chi connectivity index (χ0n) is 16.3. The molecular weight excluding hydrogens is 444 g/mol. The Morgan fingerprint density at radius 2 is 1.31 bits per heavy atom. The van der Waals surface area contributed by atoms with E-state index in [1.165, 1.54) is 12.1 Å². The number of hydrogen-bond donors (Lipinski definition) is 0. The summed E-state index contributed by atoms with van der Waals surface area (Å²) in [5.41, 5.74) is -2.71. The third-order valence-corrected chi connectivity index (χ3v) is 4.41. The van der Waals surface area contributed by atoms with E-state index in [4.69, 9.17) is 4.74 Å². The van der Waals surface area contributed by atoms with Gasteiger partial charge in [-0.2, -0.15) is 13.2 Å². The predicted molar refractivity (Wildman–Crippen MR) is 103 cm³/mol. The van der Waals surface area contributed by atoms with Crippen LogP contribution >= 0.6 is 0 Å². The van der Waals surface area contributed by atoms with E-state index in [1.807, 2.05) is 0 Å². The average molecular weight is 458 g/mol. The van der Waals surface area contributed by atoms with Gasteiger partial charge in [-0.1, -0.05) is 0 Å². The molecule has 3 aromatic rings. The maximum atomic E-state index is 14.7. The van der Waals surface area contributed by atoms with E-state index >= 15 is 0 Å².